The van der Waals surface area contributed by atoms with Crippen molar-refractivity contribution in [3.63, 3.8) is 0 Å². The fourth-order valence-corrected chi connectivity index (χ4v) is 7.75. The van der Waals surface area contributed by atoms with Crippen LogP contribution in [-0.2, 0) is 33.9 Å². The van der Waals surface area contributed by atoms with Crippen molar-refractivity contribution in [1.29, 1.82) is 0 Å². The first kappa shape index (κ1) is 17.5. The average Bonchev–Trinajstić information content (AvgIpc) is 3.22. The molecule has 0 aromatic rings. The molecule has 4 fully saturated rings. The number of hydrogen-bond acceptors (Lipinski definition) is 8. The Balaban J connectivity index is 1.44. The van der Waals surface area contributed by atoms with E-state index in [-0.39, 0.29) is 11.8 Å². The van der Waals surface area contributed by atoms with Crippen molar-refractivity contribution in [2.24, 2.45) is 17.8 Å². The summed E-state index contributed by atoms with van der Waals surface area (Å²) in [5, 5.41) is -0.539. The first-order valence-electron chi connectivity index (χ1n) is 8.42. The van der Waals surface area contributed by atoms with Gasteiger partial charge in [-0.1, -0.05) is 12.8 Å². The van der Waals surface area contributed by atoms with Crippen LogP contribution in [0.5, 0.6) is 0 Å². The van der Waals surface area contributed by atoms with E-state index in [1.54, 1.807) is 0 Å². The summed E-state index contributed by atoms with van der Waals surface area (Å²) in [4.78, 5) is 12.1. The Morgan fingerprint density at radius 3 is 2.52 bits per heavy atom. The highest BCUT2D eigenvalue weighted by Crippen LogP contribution is 2.55. The van der Waals surface area contributed by atoms with Crippen molar-refractivity contribution in [1.82, 2.24) is 0 Å². The van der Waals surface area contributed by atoms with Crippen LogP contribution in [0.4, 0.5) is 4.79 Å². The SMILES string of the molecule is O=C(OC1C2CC3C1OS(=O)(=O)C3C2)OC(C1CCCC1)S(=O)(=O)O. The molecule has 3 saturated carbocycles. The van der Waals surface area contributed by atoms with Gasteiger partial charge in [-0.25, -0.2) is 4.79 Å². The summed E-state index contributed by atoms with van der Waals surface area (Å²) in [6.45, 7) is 0. The van der Waals surface area contributed by atoms with Gasteiger partial charge in [-0.15, -0.1) is 0 Å². The number of carbonyl (C=O) groups is 1. The third-order valence-electron chi connectivity index (χ3n) is 5.94. The van der Waals surface area contributed by atoms with E-state index in [1.165, 1.54) is 0 Å². The second-order valence-electron chi connectivity index (χ2n) is 7.37. The van der Waals surface area contributed by atoms with Crippen LogP contribution in [0.25, 0.3) is 0 Å². The zero-order valence-corrected chi connectivity index (χ0v) is 14.9. The molecule has 1 N–H and O–H groups in total. The zero-order chi connectivity index (χ0) is 18.0. The quantitative estimate of drug-likeness (QED) is 0.420. The van der Waals surface area contributed by atoms with Gasteiger partial charge in [0.2, 0.25) is 5.44 Å². The minimum Gasteiger partial charge on any atom is -0.428 e. The number of fused-ring (bicyclic) bond motifs is 1. The van der Waals surface area contributed by atoms with Gasteiger partial charge >= 0.3 is 16.3 Å². The molecule has 25 heavy (non-hydrogen) atoms. The number of hydrogen-bond donors (Lipinski definition) is 1. The third-order valence-corrected chi connectivity index (χ3v) is 8.78. The minimum atomic E-state index is -4.57. The van der Waals surface area contributed by atoms with Gasteiger partial charge in [0.05, 0.1) is 5.25 Å². The topological polar surface area (TPSA) is 133 Å². The summed E-state index contributed by atoms with van der Waals surface area (Å²) in [6, 6.07) is 0. The van der Waals surface area contributed by atoms with Crippen LogP contribution in [0.2, 0.25) is 0 Å². The van der Waals surface area contributed by atoms with Crippen molar-refractivity contribution in [3.05, 3.63) is 0 Å². The maximum atomic E-state index is 12.1. The highest BCUT2D eigenvalue weighted by molar-refractivity contribution is 7.87. The molecule has 0 aromatic carbocycles. The molecule has 6 atom stereocenters. The maximum Gasteiger partial charge on any atom is 0.510 e. The molecule has 0 amide bonds. The molecule has 4 rings (SSSR count). The average molecular weight is 396 g/mol. The molecular formula is C14H20O9S2. The normalized spacial score (nSPS) is 40.3. The van der Waals surface area contributed by atoms with Crippen molar-refractivity contribution in [3.8, 4) is 0 Å². The molecule has 0 aromatic heterocycles. The van der Waals surface area contributed by atoms with E-state index in [9.17, 15) is 26.2 Å². The maximum absolute atomic E-state index is 12.1. The highest BCUT2D eigenvalue weighted by Gasteiger charge is 2.65. The Kier molecular flexibility index (Phi) is 4.06. The summed E-state index contributed by atoms with van der Waals surface area (Å²) in [5.41, 5.74) is -1.65. The van der Waals surface area contributed by atoms with Crippen LogP contribution < -0.4 is 0 Å². The number of rotatable bonds is 4. The Hall–Kier alpha value is -0.910. The van der Waals surface area contributed by atoms with E-state index >= 15 is 0 Å². The van der Waals surface area contributed by atoms with Crippen LogP contribution in [0.15, 0.2) is 0 Å². The molecule has 0 radical (unpaired) electrons. The molecule has 6 unspecified atom stereocenters. The van der Waals surface area contributed by atoms with Crippen molar-refractivity contribution in [2.75, 3.05) is 0 Å². The minimum absolute atomic E-state index is 0.138. The number of carbonyl (C=O) groups excluding carboxylic acids is 1. The predicted octanol–water partition coefficient (Wildman–Crippen LogP) is 1.05. The van der Waals surface area contributed by atoms with Gasteiger partial charge in [-0.05, 0) is 25.7 Å². The van der Waals surface area contributed by atoms with Gasteiger partial charge < -0.3 is 9.47 Å². The summed E-state index contributed by atoms with van der Waals surface area (Å²) in [7, 11) is -8.19. The van der Waals surface area contributed by atoms with E-state index in [4.69, 9.17) is 13.7 Å². The molecule has 11 heteroatoms. The van der Waals surface area contributed by atoms with Crippen molar-refractivity contribution >= 4 is 26.4 Å². The second-order valence-corrected chi connectivity index (χ2v) is 10.6. The Morgan fingerprint density at radius 1 is 1.20 bits per heavy atom. The zero-order valence-electron chi connectivity index (χ0n) is 13.3. The molecule has 142 valence electrons. The largest absolute Gasteiger partial charge is 0.510 e. The standard InChI is InChI=1S/C14H20O9S2/c15-14(22-13(24(16,17)18)7-3-1-2-4-7)21-11-8-5-9-10(6-8)25(19,20)23-12(9)11/h7-13H,1-6H2,(H,16,17,18). The van der Waals surface area contributed by atoms with E-state index < -0.39 is 55.2 Å². The molecule has 0 spiro atoms. The lowest BCUT2D eigenvalue weighted by Crippen LogP contribution is -2.39. The van der Waals surface area contributed by atoms with Gasteiger partial charge in [0, 0.05) is 17.8 Å². The Morgan fingerprint density at radius 2 is 1.88 bits per heavy atom. The fraction of sp³-hybridized carbons (Fsp3) is 0.929. The van der Waals surface area contributed by atoms with Crippen LogP contribution in [0.3, 0.4) is 0 Å². The molecular weight excluding hydrogens is 376 g/mol. The van der Waals surface area contributed by atoms with Crippen molar-refractivity contribution < 1.29 is 39.8 Å². The van der Waals surface area contributed by atoms with E-state index in [0.717, 1.165) is 12.8 Å². The predicted molar refractivity (Wildman–Crippen MR) is 82.4 cm³/mol. The lowest BCUT2D eigenvalue weighted by molar-refractivity contribution is -0.0420. The summed E-state index contributed by atoms with van der Waals surface area (Å²) in [6.07, 6.45) is 0.940. The van der Waals surface area contributed by atoms with Crippen LogP contribution in [0, 0.1) is 17.8 Å². The van der Waals surface area contributed by atoms with E-state index in [0.29, 0.717) is 25.7 Å². The van der Waals surface area contributed by atoms with Crippen LogP contribution >= 0.6 is 0 Å². The third kappa shape index (κ3) is 2.94. The summed E-state index contributed by atoms with van der Waals surface area (Å²) < 4.78 is 71.5. The Labute approximate surface area is 145 Å². The van der Waals surface area contributed by atoms with Crippen molar-refractivity contribution in [2.45, 2.75) is 61.4 Å². The first-order chi connectivity index (χ1) is 11.7. The van der Waals surface area contributed by atoms with Gasteiger partial charge in [-0.3, -0.25) is 8.74 Å². The van der Waals surface area contributed by atoms with E-state index in [1.807, 2.05) is 0 Å². The smallest absolute Gasteiger partial charge is 0.428 e. The van der Waals surface area contributed by atoms with Gasteiger partial charge in [0.25, 0.3) is 10.1 Å². The first-order valence-corrected chi connectivity index (χ1v) is 11.4. The number of ether oxygens (including phenoxy) is 2. The lowest BCUT2D eigenvalue weighted by Gasteiger charge is -2.26. The molecule has 2 bridgehead atoms. The molecule has 1 saturated heterocycles. The molecule has 3 aliphatic carbocycles. The summed E-state index contributed by atoms with van der Waals surface area (Å²) in [5.74, 6) is -0.796. The Bertz CT molecular complexity index is 768. The fourth-order valence-electron chi connectivity index (χ4n) is 4.91. The van der Waals surface area contributed by atoms with E-state index in [2.05, 4.69) is 0 Å². The van der Waals surface area contributed by atoms with Gasteiger partial charge in [-0.2, -0.15) is 16.8 Å². The van der Waals surface area contributed by atoms with Crippen LogP contribution in [-0.4, -0.2) is 50.4 Å². The van der Waals surface area contributed by atoms with Crippen LogP contribution in [0.1, 0.15) is 38.5 Å². The highest BCUT2D eigenvalue weighted by atomic mass is 32.2. The monoisotopic (exact) mass is 396 g/mol. The molecule has 4 aliphatic rings. The molecule has 1 heterocycles. The lowest BCUT2D eigenvalue weighted by atomic mass is 9.94. The second kappa shape index (κ2) is 5.80. The van der Waals surface area contributed by atoms with Gasteiger partial charge in [0.15, 0.2) is 0 Å². The molecule has 1 aliphatic heterocycles. The summed E-state index contributed by atoms with van der Waals surface area (Å²) >= 11 is 0. The van der Waals surface area contributed by atoms with Gasteiger partial charge in [0.1, 0.15) is 12.2 Å². The molecule has 9 nitrogen and oxygen atoms in total.